The molecule has 4 rings (SSSR count). The van der Waals surface area contributed by atoms with Crippen molar-refractivity contribution in [2.75, 3.05) is 5.32 Å². The van der Waals surface area contributed by atoms with Gasteiger partial charge in [-0.2, -0.15) is 0 Å². The molecule has 3 aromatic heterocycles. The third kappa shape index (κ3) is 3.80. The second-order valence-corrected chi connectivity index (χ2v) is 8.85. The summed E-state index contributed by atoms with van der Waals surface area (Å²) in [6, 6.07) is 13.1. The number of benzene rings is 1. The van der Waals surface area contributed by atoms with Crippen LogP contribution in [0.4, 0.5) is 5.82 Å². The summed E-state index contributed by atoms with van der Waals surface area (Å²) in [6.45, 7) is 0.519. The van der Waals surface area contributed by atoms with E-state index in [1.165, 1.54) is 11.3 Å². The maximum Gasteiger partial charge on any atom is 0.266 e. The van der Waals surface area contributed by atoms with Gasteiger partial charge in [-0.15, -0.1) is 11.3 Å². The van der Waals surface area contributed by atoms with Gasteiger partial charge in [0.2, 0.25) is 0 Å². The van der Waals surface area contributed by atoms with Crippen LogP contribution in [0.1, 0.15) is 15.2 Å². The monoisotopic (exact) mass is 509 g/mol. The van der Waals surface area contributed by atoms with Crippen molar-refractivity contribution >= 4 is 68.0 Å². The quantitative estimate of drug-likeness (QED) is 0.364. The molecule has 1 aromatic carbocycles. The van der Waals surface area contributed by atoms with Gasteiger partial charge in [0.05, 0.1) is 15.8 Å². The highest BCUT2D eigenvalue weighted by atomic mass is 127. The van der Waals surface area contributed by atoms with Gasteiger partial charge >= 0.3 is 0 Å². The van der Waals surface area contributed by atoms with E-state index in [9.17, 15) is 9.90 Å². The molecule has 0 atom stereocenters. The predicted molar refractivity (Wildman–Crippen MR) is 117 cm³/mol. The molecule has 0 spiro atoms. The van der Waals surface area contributed by atoms with Crippen LogP contribution < -0.4 is 5.32 Å². The van der Waals surface area contributed by atoms with Gasteiger partial charge in [0, 0.05) is 26.7 Å². The number of aromatic hydroxyl groups is 1. The number of aromatic nitrogens is 2. The highest BCUT2D eigenvalue weighted by Gasteiger charge is 2.16. The zero-order valence-corrected chi connectivity index (χ0v) is 17.5. The Hall–Kier alpha value is -2.10. The summed E-state index contributed by atoms with van der Waals surface area (Å²) < 4.78 is 3.42. The highest BCUT2D eigenvalue weighted by molar-refractivity contribution is 14.1. The number of halogens is 2. The molecule has 3 heterocycles. The Labute approximate surface area is 177 Å². The van der Waals surface area contributed by atoms with Crippen LogP contribution in [0.3, 0.4) is 0 Å². The van der Waals surface area contributed by atoms with Crippen molar-refractivity contribution < 1.29 is 9.90 Å². The lowest BCUT2D eigenvalue weighted by Gasteiger charge is -2.05. The molecule has 0 bridgehead atoms. The first-order valence-electron chi connectivity index (χ1n) is 7.99. The SMILES string of the molecule is O=C(Nc1nccc2c(O)n(Cc3cccc(I)c3)cc12)c1ccc(Cl)s1. The molecule has 8 heteroatoms. The number of nitrogens with one attached hydrogen (secondary N) is 1. The van der Waals surface area contributed by atoms with E-state index in [0.717, 1.165) is 9.13 Å². The Balaban J connectivity index is 1.68. The molecule has 136 valence electrons. The molecule has 2 N–H and O–H groups in total. The van der Waals surface area contributed by atoms with Crippen molar-refractivity contribution in [3.8, 4) is 5.88 Å². The fraction of sp³-hybridized carbons (Fsp3) is 0.0526. The van der Waals surface area contributed by atoms with Crippen LogP contribution in [0.5, 0.6) is 5.88 Å². The van der Waals surface area contributed by atoms with Gasteiger partial charge in [0.15, 0.2) is 5.88 Å². The number of fused-ring (bicyclic) bond motifs is 1. The van der Waals surface area contributed by atoms with Crippen LogP contribution in [-0.4, -0.2) is 20.6 Å². The van der Waals surface area contributed by atoms with Crippen LogP contribution in [0.2, 0.25) is 4.34 Å². The molecule has 0 aliphatic rings. The van der Waals surface area contributed by atoms with Crippen LogP contribution >= 0.6 is 45.5 Å². The van der Waals surface area contributed by atoms with E-state index in [0.29, 0.717) is 32.3 Å². The summed E-state index contributed by atoms with van der Waals surface area (Å²) in [5.41, 5.74) is 1.07. The summed E-state index contributed by atoms with van der Waals surface area (Å²) in [4.78, 5) is 17.2. The Morgan fingerprint density at radius 1 is 1.26 bits per heavy atom. The average molecular weight is 510 g/mol. The van der Waals surface area contributed by atoms with E-state index in [1.807, 2.05) is 18.2 Å². The zero-order valence-electron chi connectivity index (χ0n) is 13.8. The second-order valence-electron chi connectivity index (χ2n) is 5.89. The minimum atomic E-state index is -0.281. The predicted octanol–water partition coefficient (Wildman–Crippen LogP) is 5.36. The first kappa shape index (κ1) is 18.3. The molecule has 5 nitrogen and oxygen atoms in total. The van der Waals surface area contributed by atoms with Gasteiger partial charge in [-0.05, 0) is 58.5 Å². The third-order valence-electron chi connectivity index (χ3n) is 4.06. The maximum atomic E-state index is 12.4. The van der Waals surface area contributed by atoms with Crippen molar-refractivity contribution in [3.05, 3.63) is 73.2 Å². The number of thiophene rings is 1. The Morgan fingerprint density at radius 2 is 2.11 bits per heavy atom. The summed E-state index contributed by atoms with van der Waals surface area (Å²) in [7, 11) is 0. The van der Waals surface area contributed by atoms with Crippen LogP contribution in [0.15, 0.2) is 54.9 Å². The number of carbonyl (C=O) groups excluding carboxylic acids is 1. The number of amides is 1. The number of pyridine rings is 1. The molecular formula is C19H13ClIN3O2S. The summed E-state index contributed by atoms with van der Waals surface area (Å²) in [5.74, 6) is 0.261. The summed E-state index contributed by atoms with van der Waals surface area (Å²) in [6.07, 6.45) is 3.36. The molecule has 1 amide bonds. The fourth-order valence-corrected chi connectivity index (χ4v) is 4.37. The van der Waals surface area contributed by atoms with Crippen molar-refractivity contribution in [2.24, 2.45) is 0 Å². The van der Waals surface area contributed by atoms with E-state index in [1.54, 1.807) is 35.2 Å². The number of hydrogen-bond donors (Lipinski definition) is 2. The van der Waals surface area contributed by atoms with E-state index in [-0.39, 0.29) is 11.8 Å². The topological polar surface area (TPSA) is 67.2 Å². The Morgan fingerprint density at radius 3 is 2.85 bits per heavy atom. The van der Waals surface area contributed by atoms with Gasteiger partial charge in [0.1, 0.15) is 5.82 Å². The molecule has 0 radical (unpaired) electrons. The lowest BCUT2D eigenvalue weighted by Crippen LogP contribution is -2.11. The largest absolute Gasteiger partial charge is 0.494 e. The number of rotatable bonds is 4. The number of hydrogen-bond acceptors (Lipinski definition) is 4. The molecule has 0 fully saturated rings. The minimum Gasteiger partial charge on any atom is -0.494 e. The lowest BCUT2D eigenvalue weighted by atomic mass is 10.2. The molecule has 0 saturated heterocycles. The highest BCUT2D eigenvalue weighted by Crippen LogP contribution is 2.32. The normalized spacial score (nSPS) is 11.0. The second kappa shape index (κ2) is 7.49. The van der Waals surface area contributed by atoms with Crippen molar-refractivity contribution in [2.45, 2.75) is 6.54 Å². The maximum absolute atomic E-state index is 12.4. The van der Waals surface area contributed by atoms with Crippen LogP contribution in [0.25, 0.3) is 10.8 Å². The Kier molecular flexibility index (Phi) is 5.07. The van der Waals surface area contributed by atoms with Gasteiger partial charge in [-0.25, -0.2) is 4.98 Å². The van der Waals surface area contributed by atoms with Crippen LogP contribution in [-0.2, 0) is 6.54 Å². The molecule has 4 aromatic rings. The minimum absolute atomic E-state index is 0.140. The smallest absolute Gasteiger partial charge is 0.266 e. The molecule has 0 aliphatic carbocycles. The van der Waals surface area contributed by atoms with Crippen molar-refractivity contribution in [3.63, 3.8) is 0 Å². The van der Waals surface area contributed by atoms with Crippen molar-refractivity contribution in [1.82, 2.24) is 9.55 Å². The summed E-state index contributed by atoms with van der Waals surface area (Å²) in [5, 5.41) is 14.7. The van der Waals surface area contributed by atoms with E-state index in [2.05, 4.69) is 39.0 Å². The fourth-order valence-electron chi connectivity index (χ4n) is 2.83. The van der Waals surface area contributed by atoms with Gasteiger partial charge in [-0.3, -0.25) is 4.79 Å². The first-order valence-corrected chi connectivity index (χ1v) is 10.3. The third-order valence-corrected chi connectivity index (χ3v) is 5.96. The summed E-state index contributed by atoms with van der Waals surface area (Å²) >= 11 is 9.36. The lowest BCUT2D eigenvalue weighted by molar-refractivity contribution is 0.103. The van der Waals surface area contributed by atoms with E-state index in [4.69, 9.17) is 11.6 Å². The number of carbonyl (C=O) groups is 1. The molecular weight excluding hydrogens is 497 g/mol. The van der Waals surface area contributed by atoms with E-state index >= 15 is 0 Å². The standard InChI is InChI=1S/C19H13ClIN3O2S/c20-16-5-4-15(27-16)18(25)23-17-14-10-24(19(26)13(14)6-7-22-17)9-11-2-1-3-12(21)8-11/h1-8,10,26H,9H2,(H,22,23,25). The van der Waals surface area contributed by atoms with E-state index < -0.39 is 0 Å². The number of nitrogens with zero attached hydrogens (tertiary/aromatic N) is 2. The average Bonchev–Trinajstić information content (AvgIpc) is 3.20. The zero-order chi connectivity index (χ0) is 19.0. The molecule has 0 saturated carbocycles. The molecule has 0 unspecified atom stereocenters. The van der Waals surface area contributed by atoms with Gasteiger partial charge < -0.3 is 15.0 Å². The Bertz CT molecular complexity index is 1160. The van der Waals surface area contributed by atoms with Gasteiger partial charge in [0.25, 0.3) is 5.91 Å². The van der Waals surface area contributed by atoms with Crippen molar-refractivity contribution in [1.29, 1.82) is 0 Å². The van der Waals surface area contributed by atoms with Gasteiger partial charge in [-0.1, -0.05) is 23.7 Å². The molecule has 0 aliphatic heterocycles. The molecule has 27 heavy (non-hydrogen) atoms. The first-order chi connectivity index (χ1) is 13.0. The number of anilines is 1. The van der Waals surface area contributed by atoms with Crippen LogP contribution in [0, 0.1) is 3.57 Å².